The molecule has 0 aliphatic carbocycles. The fraction of sp³-hybridized carbons (Fsp3) is 0.526. The van der Waals surface area contributed by atoms with Crippen molar-refractivity contribution in [3.63, 3.8) is 0 Å². The Balaban J connectivity index is 0.000000339. The number of rotatable bonds is 2. The van der Waals surface area contributed by atoms with E-state index in [1.54, 1.807) is 10.7 Å². The van der Waals surface area contributed by atoms with Crippen LogP contribution in [0.3, 0.4) is 0 Å². The van der Waals surface area contributed by atoms with Gasteiger partial charge in [-0.05, 0) is 43.4 Å². The first-order chi connectivity index (χ1) is 14.5. The molecule has 2 aromatic heterocycles. The number of carboxylic acid groups (broad SMARTS) is 1. The zero-order valence-corrected chi connectivity index (χ0v) is 17.1. The smallest absolute Gasteiger partial charge is 0.475 e. The van der Waals surface area contributed by atoms with Crippen LogP contribution < -0.4 is 4.90 Å². The standard InChI is InChI=1S/C17H22N6O.C2HF3O2/c1-12-3-4-16(19-18-12)22-8-5-13-9-23(11-14(13)10-22)17(24)15-6-7-21(2)20-15;3-2(4,5)1(6)7/h3-4,6-7,13-14H,5,8-11H2,1-2H3;(H,6,7)/t13-,14+;/m0./s1. The predicted octanol–water partition coefficient (Wildman–Crippen LogP) is 1.75. The molecule has 12 heteroatoms. The predicted molar refractivity (Wildman–Crippen MR) is 103 cm³/mol. The number of fused-ring (bicyclic) bond motifs is 1. The Morgan fingerprint density at radius 1 is 1.10 bits per heavy atom. The average molecular weight is 440 g/mol. The number of piperidine rings is 1. The number of anilines is 1. The second-order valence-corrected chi connectivity index (χ2v) is 7.68. The first kappa shape index (κ1) is 22.5. The van der Waals surface area contributed by atoms with Crippen molar-refractivity contribution in [3.05, 3.63) is 35.8 Å². The van der Waals surface area contributed by atoms with E-state index >= 15 is 0 Å². The quantitative estimate of drug-likeness (QED) is 0.759. The number of carbonyl (C=O) groups is 2. The van der Waals surface area contributed by atoms with Crippen LogP contribution in [0, 0.1) is 18.8 Å². The second kappa shape index (κ2) is 8.90. The molecule has 2 aromatic rings. The number of aromatic nitrogens is 4. The Hall–Kier alpha value is -3.18. The van der Waals surface area contributed by atoms with Crippen LogP contribution in [-0.4, -0.2) is 74.2 Å². The monoisotopic (exact) mass is 440 g/mol. The summed E-state index contributed by atoms with van der Waals surface area (Å²) in [5.74, 6) is -0.699. The molecule has 2 aliphatic rings. The molecule has 31 heavy (non-hydrogen) atoms. The number of halogens is 3. The highest BCUT2D eigenvalue weighted by atomic mass is 19.4. The van der Waals surface area contributed by atoms with Gasteiger partial charge in [0, 0.05) is 39.4 Å². The Labute approximate surface area is 176 Å². The van der Waals surface area contributed by atoms with Crippen molar-refractivity contribution < 1.29 is 27.9 Å². The van der Waals surface area contributed by atoms with Crippen LogP contribution in [0.25, 0.3) is 0 Å². The van der Waals surface area contributed by atoms with Crippen LogP contribution in [0.4, 0.5) is 19.0 Å². The van der Waals surface area contributed by atoms with Gasteiger partial charge in [0.25, 0.3) is 5.91 Å². The summed E-state index contributed by atoms with van der Waals surface area (Å²) in [5.41, 5.74) is 1.47. The van der Waals surface area contributed by atoms with Gasteiger partial charge in [0.2, 0.25) is 0 Å². The fourth-order valence-corrected chi connectivity index (χ4v) is 3.79. The highest BCUT2D eigenvalue weighted by molar-refractivity contribution is 5.92. The maximum absolute atomic E-state index is 12.6. The minimum atomic E-state index is -5.08. The summed E-state index contributed by atoms with van der Waals surface area (Å²) in [6, 6.07) is 5.83. The molecule has 168 valence electrons. The van der Waals surface area contributed by atoms with Crippen molar-refractivity contribution in [1.82, 2.24) is 24.9 Å². The largest absolute Gasteiger partial charge is 0.490 e. The lowest BCUT2D eigenvalue weighted by Gasteiger charge is -2.34. The molecule has 0 spiro atoms. The molecule has 2 aliphatic heterocycles. The fourth-order valence-electron chi connectivity index (χ4n) is 3.79. The minimum absolute atomic E-state index is 0.0478. The van der Waals surface area contributed by atoms with E-state index in [0.717, 1.165) is 44.1 Å². The molecule has 2 saturated heterocycles. The summed E-state index contributed by atoms with van der Waals surface area (Å²) in [6.07, 6.45) is -2.18. The van der Waals surface area contributed by atoms with Crippen LogP contribution in [-0.2, 0) is 11.8 Å². The maximum Gasteiger partial charge on any atom is 0.490 e. The molecule has 0 radical (unpaired) electrons. The number of carboxylic acids is 1. The number of amides is 1. The van der Waals surface area contributed by atoms with E-state index in [2.05, 4.69) is 20.2 Å². The third-order valence-corrected chi connectivity index (χ3v) is 5.37. The molecule has 4 heterocycles. The van der Waals surface area contributed by atoms with Gasteiger partial charge in [-0.1, -0.05) is 0 Å². The molecule has 2 fully saturated rings. The van der Waals surface area contributed by atoms with E-state index in [-0.39, 0.29) is 5.91 Å². The summed E-state index contributed by atoms with van der Waals surface area (Å²) in [6.45, 7) is 5.50. The third-order valence-electron chi connectivity index (χ3n) is 5.37. The van der Waals surface area contributed by atoms with Crippen molar-refractivity contribution in [3.8, 4) is 0 Å². The molecule has 2 atom stereocenters. The number of nitrogens with zero attached hydrogens (tertiary/aromatic N) is 6. The van der Waals surface area contributed by atoms with Gasteiger partial charge >= 0.3 is 12.1 Å². The number of aryl methyl sites for hydroxylation is 2. The number of aliphatic carboxylic acids is 1. The second-order valence-electron chi connectivity index (χ2n) is 7.68. The number of hydrogen-bond acceptors (Lipinski definition) is 6. The molecular formula is C19H23F3N6O3. The zero-order chi connectivity index (χ0) is 22.8. The normalized spacial score (nSPS) is 20.7. The minimum Gasteiger partial charge on any atom is -0.475 e. The Bertz CT molecular complexity index is 931. The lowest BCUT2D eigenvalue weighted by molar-refractivity contribution is -0.192. The van der Waals surface area contributed by atoms with Crippen molar-refractivity contribution in [1.29, 1.82) is 0 Å². The van der Waals surface area contributed by atoms with Gasteiger partial charge < -0.3 is 14.9 Å². The maximum atomic E-state index is 12.6. The molecule has 0 saturated carbocycles. The van der Waals surface area contributed by atoms with E-state index in [0.29, 0.717) is 17.5 Å². The summed E-state index contributed by atoms with van der Waals surface area (Å²) < 4.78 is 33.4. The first-order valence-corrected chi connectivity index (χ1v) is 9.69. The van der Waals surface area contributed by atoms with Crippen molar-refractivity contribution >= 4 is 17.7 Å². The van der Waals surface area contributed by atoms with E-state index in [1.165, 1.54) is 0 Å². The number of hydrogen-bond donors (Lipinski definition) is 1. The van der Waals surface area contributed by atoms with Crippen molar-refractivity contribution in [2.45, 2.75) is 19.5 Å². The van der Waals surface area contributed by atoms with E-state index < -0.39 is 12.1 Å². The first-order valence-electron chi connectivity index (χ1n) is 9.69. The lowest BCUT2D eigenvalue weighted by Crippen LogP contribution is -2.40. The van der Waals surface area contributed by atoms with Crippen LogP contribution in [0.2, 0.25) is 0 Å². The third kappa shape index (κ3) is 5.50. The lowest BCUT2D eigenvalue weighted by atomic mass is 9.89. The number of likely N-dealkylation sites (tertiary alicyclic amines) is 1. The van der Waals surface area contributed by atoms with Gasteiger partial charge in [0.05, 0.1) is 5.69 Å². The van der Waals surface area contributed by atoms with E-state index in [4.69, 9.17) is 9.90 Å². The van der Waals surface area contributed by atoms with Crippen molar-refractivity contribution in [2.75, 3.05) is 31.1 Å². The molecular weight excluding hydrogens is 417 g/mol. The van der Waals surface area contributed by atoms with Crippen LogP contribution in [0.1, 0.15) is 22.6 Å². The summed E-state index contributed by atoms with van der Waals surface area (Å²) >= 11 is 0. The van der Waals surface area contributed by atoms with Gasteiger partial charge in [0.15, 0.2) is 5.82 Å². The highest BCUT2D eigenvalue weighted by Crippen LogP contribution is 2.33. The molecule has 1 amide bonds. The van der Waals surface area contributed by atoms with Crippen LogP contribution in [0.15, 0.2) is 24.4 Å². The Morgan fingerprint density at radius 3 is 2.32 bits per heavy atom. The topological polar surface area (TPSA) is 104 Å². The SMILES string of the molecule is Cc1ccc(N2CC[C@H]3CN(C(=O)c4ccn(C)n4)C[C@H]3C2)nn1.O=C(O)C(F)(F)F. The van der Waals surface area contributed by atoms with Gasteiger partial charge in [-0.15, -0.1) is 5.10 Å². The summed E-state index contributed by atoms with van der Waals surface area (Å²) in [4.78, 5) is 25.8. The zero-order valence-electron chi connectivity index (χ0n) is 17.1. The number of alkyl halides is 3. The average Bonchev–Trinajstić information content (AvgIpc) is 3.33. The van der Waals surface area contributed by atoms with Gasteiger partial charge in [-0.2, -0.15) is 23.4 Å². The van der Waals surface area contributed by atoms with E-state index in [9.17, 15) is 18.0 Å². The summed E-state index contributed by atoms with van der Waals surface area (Å²) in [5, 5.41) is 19.8. The van der Waals surface area contributed by atoms with Gasteiger partial charge in [-0.25, -0.2) is 4.79 Å². The van der Waals surface area contributed by atoms with Crippen LogP contribution in [0.5, 0.6) is 0 Å². The molecule has 0 aromatic carbocycles. The molecule has 9 nitrogen and oxygen atoms in total. The summed E-state index contributed by atoms with van der Waals surface area (Å²) in [7, 11) is 1.83. The van der Waals surface area contributed by atoms with E-state index in [1.807, 2.05) is 37.2 Å². The Kier molecular flexibility index (Phi) is 6.46. The van der Waals surface area contributed by atoms with Crippen LogP contribution >= 0.6 is 0 Å². The molecule has 0 bridgehead atoms. The van der Waals surface area contributed by atoms with Gasteiger partial charge in [0.1, 0.15) is 5.69 Å². The van der Waals surface area contributed by atoms with Crippen molar-refractivity contribution in [2.24, 2.45) is 18.9 Å². The van der Waals surface area contributed by atoms with Gasteiger partial charge in [-0.3, -0.25) is 9.48 Å². The number of carbonyl (C=O) groups excluding carboxylic acids is 1. The highest BCUT2D eigenvalue weighted by Gasteiger charge is 2.40. The molecule has 0 unspecified atom stereocenters. The Morgan fingerprint density at radius 2 is 1.77 bits per heavy atom. The molecule has 4 rings (SSSR count). The molecule has 1 N–H and O–H groups in total.